The van der Waals surface area contributed by atoms with Gasteiger partial charge in [0.05, 0.1) is 6.04 Å². The number of hydrogen-bond acceptors (Lipinski definition) is 3. The molecule has 0 aliphatic heterocycles. The number of fused-ring (bicyclic) bond motifs is 1. The number of thiophene rings is 1. The molecule has 2 nitrogen and oxygen atoms in total. The van der Waals surface area contributed by atoms with Crippen LogP contribution >= 0.6 is 11.3 Å². The van der Waals surface area contributed by atoms with Gasteiger partial charge in [-0.15, -0.1) is 11.3 Å². The summed E-state index contributed by atoms with van der Waals surface area (Å²) in [6.07, 6.45) is 8.93. The number of hydrazine groups is 1. The van der Waals surface area contributed by atoms with Crippen LogP contribution in [0.5, 0.6) is 0 Å². The second-order valence-corrected chi connectivity index (χ2v) is 5.83. The molecule has 1 atom stereocenters. The SMILES string of the molecule is CCCCCC(NN)c1cc2c(s1)CCC2. The Morgan fingerprint density at radius 1 is 1.44 bits per heavy atom. The van der Waals surface area contributed by atoms with Crippen LogP contribution in [0.15, 0.2) is 6.07 Å². The first-order valence-corrected chi connectivity index (χ1v) is 7.24. The smallest absolute Gasteiger partial charge is 0.0553 e. The maximum atomic E-state index is 5.66. The fourth-order valence-corrected chi connectivity index (χ4v) is 3.78. The fourth-order valence-electron chi connectivity index (χ4n) is 2.43. The van der Waals surface area contributed by atoms with Gasteiger partial charge in [0.25, 0.3) is 0 Å². The zero-order valence-corrected chi connectivity index (χ0v) is 10.9. The van der Waals surface area contributed by atoms with Crippen LogP contribution in [0.25, 0.3) is 0 Å². The van der Waals surface area contributed by atoms with E-state index in [1.807, 2.05) is 11.3 Å². The quantitative estimate of drug-likeness (QED) is 0.453. The highest BCUT2D eigenvalue weighted by Gasteiger charge is 2.19. The van der Waals surface area contributed by atoms with Crippen LogP contribution in [-0.4, -0.2) is 0 Å². The Bertz CT molecular complexity index is 311. The van der Waals surface area contributed by atoms with Crippen molar-refractivity contribution in [1.29, 1.82) is 0 Å². The molecule has 1 aliphatic carbocycles. The molecule has 90 valence electrons. The van der Waals surface area contributed by atoms with Crippen molar-refractivity contribution < 1.29 is 0 Å². The Morgan fingerprint density at radius 2 is 2.31 bits per heavy atom. The van der Waals surface area contributed by atoms with Crippen molar-refractivity contribution in [3.63, 3.8) is 0 Å². The first-order valence-electron chi connectivity index (χ1n) is 6.42. The number of nitrogens with two attached hydrogens (primary N) is 1. The van der Waals surface area contributed by atoms with Crippen LogP contribution in [0.1, 0.15) is 60.4 Å². The number of hydrogen-bond donors (Lipinski definition) is 2. The summed E-state index contributed by atoms with van der Waals surface area (Å²) in [4.78, 5) is 3.05. The largest absolute Gasteiger partial charge is 0.271 e. The Balaban J connectivity index is 1.97. The van der Waals surface area contributed by atoms with Crippen molar-refractivity contribution in [2.45, 2.75) is 57.9 Å². The van der Waals surface area contributed by atoms with Gasteiger partial charge in [0.15, 0.2) is 0 Å². The molecule has 0 spiro atoms. The van der Waals surface area contributed by atoms with Gasteiger partial charge in [-0.05, 0) is 37.3 Å². The van der Waals surface area contributed by atoms with Crippen LogP contribution in [0.4, 0.5) is 0 Å². The van der Waals surface area contributed by atoms with E-state index in [-0.39, 0.29) is 0 Å². The van der Waals surface area contributed by atoms with E-state index >= 15 is 0 Å². The minimum atomic E-state index is 0.377. The monoisotopic (exact) mass is 238 g/mol. The highest BCUT2D eigenvalue weighted by atomic mass is 32.1. The number of nitrogens with one attached hydrogen (secondary N) is 1. The van der Waals surface area contributed by atoms with Crippen molar-refractivity contribution in [1.82, 2.24) is 5.43 Å². The van der Waals surface area contributed by atoms with Gasteiger partial charge in [-0.3, -0.25) is 11.3 Å². The van der Waals surface area contributed by atoms with Crippen molar-refractivity contribution in [2.24, 2.45) is 5.84 Å². The van der Waals surface area contributed by atoms with Gasteiger partial charge in [0.1, 0.15) is 0 Å². The Labute approximate surface area is 102 Å². The average Bonchev–Trinajstić information content (AvgIpc) is 2.84. The van der Waals surface area contributed by atoms with E-state index in [1.165, 1.54) is 49.8 Å². The molecule has 1 aliphatic rings. The van der Waals surface area contributed by atoms with E-state index in [2.05, 4.69) is 18.4 Å². The van der Waals surface area contributed by atoms with Gasteiger partial charge in [0.2, 0.25) is 0 Å². The fraction of sp³-hybridized carbons (Fsp3) is 0.692. The van der Waals surface area contributed by atoms with E-state index in [0.29, 0.717) is 6.04 Å². The molecular weight excluding hydrogens is 216 g/mol. The van der Waals surface area contributed by atoms with E-state index in [4.69, 9.17) is 5.84 Å². The Kier molecular flexibility index (Phi) is 4.38. The summed E-state index contributed by atoms with van der Waals surface area (Å²) in [6.45, 7) is 2.24. The molecule has 3 N–H and O–H groups in total. The molecule has 2 rings (SSSR count). The van der Waals surface area contributed by atoms with Crippen molar-refractivity contribution in [3.05, 3.63) is 21.4 Å². The standard InChI is InChI=1S/C13H22N2S/c1-2-3-4-7-11(15-14)13-9-10-6-5-8-12(10)16-13/h9,11,15H,2-8,14H2,1H3. The predicted molar refractivity (Wildman–Crippen MR) is 70.6 cm³/mol. The maximum absolute atomic E-state index is 5.66. The van der Waals surface area contributed by atoms with Crippen LogP contribution in [0, 0.1) is 0 Å². The lowest BCUT2D eigenvalue weighted by Gasteiger charge is -2.13. The lowest BCUT2D eigenvalue weighted by Crippen LogP contribution is -2.27. The first-order chi connectivity index (χ1) is 7.85. The summed E-state index contributed by atoms with van der Waals surface area (Å²) in [5.74, 6) is 5.66. The predicted octanol–water partition coefficient (Wildman–Crippen LogP) is 3.32. The molecule has 0 bridgehead atoms. The molecule has 1 aromatic rings. The third kappa shape index (κ3) is 2.65. The highest BCUT2D eigenvalue weighted by molar-refractivity contribution is 7.12. The number of aryl methyl sites for hydroxylation is 2. The van der Waals surface area contributed by atoms with Crippen LogP contribution in [0.3, 0.4) is 0 Å². The van der Waals surface area contributed by atoms with E-state index < -0.39 is 0 Å². The summed E-state index contributed by atoms with van der Waals surface area (Å²) < 4.78 is 0. The molecular formula is C13H22N2S. The van der Waals surface area contributed by atoms with Gasteiger partial charge in [-0.25, -0.2) is 0 Å². The summed E-state index contributed by atoms with van der Waals surface area (Å²) in [7, 11) is 0. The molecule has 1 unspecified atom stereocenters. The van der Waals surface area contributed by atoms with Crippen molar-refractivity contribution >= 4 is 11.3 Å². The third-order valence-electron chi connectivity index (χ3n) is 3.41. The lowest BCUT2D eigenvalue weighted by atomic mass is 10.1. The van der Waals surface area contributed by atoms with Gasteiger partial charge in [-0.1, -0.05) is 26.2 Å². The Morgan fingerprint density at radius 3 is 3.00 bits per heavy atom. The minimum Gasteiger partial charge on any atom is -0.271 e. The van der Waals surface area contributed by atoms with Gasteiger partial charge in [-0.2, -0.15) is 0 Å². The van der Waals surface area contributed by atoms with Crippen molar-refractivity contribution in [2.75, 3.05) is 0 Å². The van der Waals surface area contributed by atoms with Crippen molar-refractivity contribution in [3.8, 4) is 0 Å². The zero-order chi connectivity index (χ0) is 11.4. The molecule has 1 heterocycles. The molecule has 0 aromatic carbocycles. The highest BCUT2D eigenvalue weighted by Crippen LogP contribution is 2.35. The molecule has 0 fully saturated rings. The Hall–Kier alpha value is -0.380. The maximum Gasteiger partial charge on any atom is 0.0553 e. The van der Waals surface area contributed by atoms with Gasteiger partial charge in [0, 0.05) is 9.75 Å². The normalized spacial score (nSPS) is 16.4. The summed E-state index contributed by atoms with van der Waals surface area (Å²) in [5, 5.41) is 0. The summed E-state index contributed by atoms with van der Waals surface area (Å²) in [6, 6.07) is 2.76. The molecule has 1 aromatic heterocycles. The molecule has 0 radical (unpaired) electrons. The molecule has 0 saturated heterocycles. The van der Waals surface area contributed by atoms with Crippen LogP contribution in [-0.2, 0) is 12.8 Å². The molecule has 16 heavy (non-hydrogen) atoms. The first kappa shape index (κ1) is 12.1. The third-order valence-corrected chi connectivity index (χ3v) is 4.76. The van der Waals surface area contributed by atoms with E-state index in [9.17, 15) is 0 Å². The van der Waals surface area contributed by atoms with Crippen LogP contribution in [0.2, 0.25) is 0 Å². The summed E-state index contributed by atoms with van der Waals surface area (Å²) in [5.41, 5.74) is 4.56. The van der Waals surface area contributed by atoms with Gasteiger partial charge < -0.3 is 0 Å². The summed E-state index contributed by atoms with van der Waals surface area (Å²) >= 11 is 1.97. The number of rotatable bonds is 6. The number of unbranched alkanes of at least 4 members (excludes halogenated alkanes) is 2. The molecule has 3 heteroatoms. The van der Waals surface area contributed by atoms with Crippen LogP contribution < -0.4 is 11.3 Å². The topological polar surface area (TPSA) is 38.0 Å². The second-order valence-electron chi connectivity index (χ2n) is 4.67. The molecule has 0 saturated carbocycles. The second kappa shape index (κ2) is 5.80. The lowest BCUT2D eigenvalue weighted by molar-refractivity contribution is 0.493. The minimum absolute atomic E-state index is 0.377. The zero-order valence-electron chi connectivity index (χ0n) is 10.1. The van der Waals surface area contributed by atoms with Gasteiger partial charge >= 0.3 is 0 Å². The van der Waals surface area contributed by atoms with E-state index in [0.717, 1.165) is 0 Å². The molecule has 0 amide bonds. The van der Waals surface area contributed by atoms with E-state index in [1.54, 1.807) is 10.4 Å². The average molecular weight is 238 g/mol.